The summed E-state index contributed by atoms with van der Waals surface area (Å²) in [6.45, 7) is 4.93. The van der Waals surface area contributed by atoms with Gasteiger partial charge in [0.25, 0.3) is 0 Å². The van der Waals surface area contributed by atoms with Gasteiger partial charge in [0.05, 0.1) is 0 Å². The van der Waals surface area contributed by atoms with E-state index < -0.39 is 0 Å². The predicted octanol–water partition coefficient (Wildman–Crippen LogP) is 3.49. The van der Waals surface area contributed by atoms with Crippen molar-refractivity contribution < 1.29 is 4.74 Å². The normalized spacial score (nSPS) is 17.4. The fourth-order valence-electron chi connectivity index (χ4n) is 2.03. The number of hydrogen-bond donors (Lipinski definition) is 1. The zero-order valence-electron chi connectivity index (χ0n) is 9.63. The molecular formula is C13H18ClNO. The lowest BCUT2D eigenvalue weighted by molar-refractivity contribution is 0.0699. The molecule has 1 fully saturated rings. The van der Waals surface area contributed by atoms with Gasteiger partial charge in [-0.05, 0) is 49.4 Å². The molecule has 0 amide bonds. The van der Waals surface area contributed by atoms with Gasteiger partial charge in [0.2, 0.25) is 0 Å². The van der Waals surface area contributed by atoms with Crippen LogP contribution in [0.1, 0.15) is 18.4 Å². The van der Waals surface area contributed by atoms with E-state index in [4.69, 9.17) is 16.3 Å². The molecule has 16 heavy (non-hydrogen) atoms. The molecule has 0 saturated carbocycles. The van der Waals surface area contributed by atoms with Crippen LogP contribution in [0.2, 0.25) is 5.02 Å². The summed E-state index contributed by atoms with van der Waals surface area (Å²) in [7, 11) is 0. The van der Waals surface area contributed by atoms with Crippen LogP contribution in [0.4, 0.5) is 5.69 Å². The van der Waals surface area contributed by atoms with Crippen LogP contribution in [0.15, 0.2) is 18.2 Å². The van der Waals surface area contributed by atoms with Gasteiger partial charge in [0.1, 0.15) is 0 Å². The standard InChI is InChI=1S/C13H18ClNO/c1-10-8-12(14)2-3-13(10)15-9-11-4-6-16-7-5-11/h2-3,8,11,15H,4-7,9H2,1H3. The Morgan fingerprint density at radius 2 is 2.12 bits per heavy atom. The van der Waals surface area contributed by atoms with Gasteiger partial charge in [0.15, 0.2) is 0 Å². The summed E-state index contributed by atoms with van der Waals surface area (Å²) < 4.78 is 5.35. The minimum Gasteiger partial charge on any atom is -0.385 e. The van der Waals surface area contributed by atoms with Gasteiger partial charge in [0, 0.05) is 30.5 Å². The van der Waals surface area contributed by atoms with Crippen LogP contribution in [-0.2, 0) is 4.74 Å². The van der Waals surface area contributed by atoms with Gasteiger partial charge in [-0.3, -0.25) is 0 Å². The van der Waals surface area contributed by atoms with Crippen molar-refractivity contribution in [1.82, 2.24) is 0 Å². The molecule has 0 atom stereocenters. The number of nitrogens with one attached hydrogen (secondary N) is 1. The average Bonchev–Trinajstić information content (AvgIpc) is 2.29. The van der Waals surface area contributed by atoms with Crippen LogP contribution in [0.3, 0.4) is 0 Å². The number of hydrogen-bond acceptors (Lipinski definition) is 2. The second-order valence-electron chi connectivity index (χ2n) is 4.40. The second kappa shape index (κ2) is 5.55. The van der Waals surface area contributed by atoms with Crippen molar-refractivity contribution in [3.63, 3.8) is 0 Å². The van der Waals surface area contributed by atoms with Gasteiger partial charge in [-0.1, -0.05) is 11.6 Å². The molecule has 0 spiro atoms. The van der Waals surface area contributed by atoms with Crippen LogP contribution in [0, 0.1) is 12.8 Å². The lowest BCUT2D eigenvalue weighted by Gasteiger charge is -2.23. The van der Waals surface area contributed by atoms with E-state index in [1.54, 1.807) is 0 Å². The summed E-state index contributed by atoms with van der Waals surface area (Å²) in [5.41, 5.74) is 2.40. The maximum absolute atomic E-state index is 5.92. The average molecular weight is 240 g/mol. The molecular weight excluding hydrogens is 222 g/mol. The number of rotatable bonds is 3. The largest absolute Gasteiger partial charge is 0.385 e. The Bertz CT molecular complexity index is 348. The Hall–Kier alpha value is -0.730. The van der Waals surface area contributed by atoms with Crippen molar-refractivity contribution in [2.24, 2.45) is 5.92 Å². The topological polar surface area (TPSA) is 21.3 Å². The Kier molecular flexibility index (Phi) is 4.08. The number of aryl methyl sites for hydroxylation is 1. The molecule has 1 saturated heterocycles. The minimum absolute atomic E-state index is 0.740. The van der Waals surface area contributed by atoms with Gasteiger partial charge in [-0.2, -0.15) is 0 Å². The van der Waals surface area contributed by atoms with Gasteiger partial charge in [-0.25, -0.2) is 0 Å². The van der Waals surface area contributed by atoms with E-state index in [-0.39, 0.29) is 0 Å². The van der Waals surface area contributed by atoms with Crippen LogP contribution in [0.5, 0.6) is 0 Å². The van der Waals surface area contributed by atoms with Crippen molar-refractivity contribution in [3.05, 3.63) is 28.8 Å². The highest BCUT2D eigenvalue weighted by molar-refractivity contribution is 6.30. The monoisotopic (exact) mass is 239 g/mol. The zero-order valence-corrected chi connectivity index (χ0v) is 10.4. The van der Waals surface area contributed by atoms with Gasteiger partial charge < -0.3 is 10.1 Å². The molecule has 2 rings (SSSR count). The Labute approximate surface area is 102 Å². The maximum atomic E-state index is 5.92. The van der Waals surface area contributed by atoms with E-state index in [9.17, 15) is 0 Å². The summed E-state index contributed by atoms with van der Waals surface area (Å²) in [5, 5.41) is 4.30. The number of halogens is 1. The summed E-state index contributed by atoms with van der Waals surface area (Å²) in [6.07, 6.45) is 2.33. The molecule has 0 aliphatic carbocycles. The van der Waals surface area contributed by atoms with E-state index in [1.807, 2.05) is 12.1 Å². The maximum Gasteiger partial charge on any atom is 0.0469 e. The molecule has 0 aromatic heterocycles. The van der Waals surface area contributed by atoms with Crippen LogP contribution < -0.4 is 5.32 Å². The molecule has 1 N–H and O–H groups in total. The Balaban J connectivity index is 1.88. The molecule has 1 aromatic rings. The Morgan fingerprint density at radius 1 is 1.38 bits per heavy atom. The first-order chi connectivity index (χ1) is 7.75. The van der Waals surface area contributed by atoms with Crippen LogP contribution in [-0.4, -0.2) is 19.8 Å². The summed E-state index contributed by atoms with van der Waals surface area (Å²) in [4.78, 5) is 0. The van der Waals surface area contributed by atoms with Crippen molar-refractivity contribution in [1.29, 1.82) is 0 Å². The molecule has 0 unspecified atom stereocenters. The van der Waals surface area contributed by atoms with Gasteiger partial charge >= 0.3 is 0 Å². The van der Waals surface area contributed by atoms with Crippen molar-refractivity contribution in [2.75, 3.05) is 25.1 Å². The first-order valence-corrected chi connectivity index (χ1v) is 6.21. The molecule has 1 aliphatic rings. The smallest absolute Gasteiger partial charge is 0.0469 e. The highest BCUT2D eigenvalue weighted by atomic mass is 35.5. The van der Waals surface area contributed by atoms with Crippen LogP contribution >= 0.6 is 11.6 Å². The first-order valence-electron chi connectivity index (χ1n) is 5.83. The molecule has 0 bridgehead atoms. The lowest BCUT2D eigenvalue weighted by atomic mass is 10.0. The van der Waals surface area contributed by atoms with E-state index in [0.717, 1.165) is 30.7 Å². The molecule has 0 radical (unpaired) electrons. The van der Waals surface area contributed by atoms with Gasteiger partial charge in [-0.15, -0.1) is 0 Å². The molecule has 1 heterocycles. The zero-order chi connectivity index (χ0) is 11.4. The third-order valence-corrected chi connectivity index (χ3v) is 3.35. The SMILES string of the molecule is Cc1cc(Cl)ccc1NCC1CCOCC1. The van der Waals surface area contributed by atoms with E-state index in [1.165, 1.54) is 24.1 Å². The summed E-state index contributed by atoms with van der Waals surface area (Å²) >= 11 is 5.92. The molecule has 3 heteroatoms. The van der Waals surface area contributed by atoms with E-state index in [0.29, 0.717) is 0 Å². The molecule has 88 valence electrons. The molecule has 1 aliphatic heterocycles. The first kappa shape index (κ1) is 11.7. The summed E-state index contributed by atoms with van der Waals surface area (Å²) in [5.74, 6) is 0.740. The summed E-state index contributed by atoms with van der Waals surface area (Å²) in [6, 6.07) is 5.98. The molecule has 1 aromatic carbocycles. The fourth-order valence-corrected chi connectivity index (χ4v) is 2.26. The quantitative estimate of drug-likeness (QED) is 0.872. The number of anilines is 1. The van der Waals surface area contributed by atoms with Crippen molar-refractivity contribution in [2.45, 2.75) is 19.8 Å². The lowest BCUT2D eigenvalue weighted by Crippen LogP contribution is -2.22. The van der Waals surface area contributed by atoms with E-state index >= 15 is 0 Å². The minimum atomic E-state index is 0.740. The number of benzene rings is 1. The third-order valence-electron chi connectivity index (χ3n) is 3.11. The second-order valence-corrected chi connectivity index (χ2v) is 4.83. The van der Waals surface area contributed by atoms with Crippen molar-refractivity contribution in [3.8, 4) is 0 Å². The highest BCUT2D eigenvalue weighted by Gasteiger charge is 2.13. The van der Waals surface area contributed by atoms with E-state index in [2.05, 4.69) is 18.3 Å². The third kappa shape index (κ3) is 3.13. The number of ether oxygens (including phenoxy) is 1. The van der Waals surface area contributed by atoms with Crippen molar-refractivity contribution >= 4 is 17.3 Å². The van der Waals surface area contributed by atoms with Crippen LogP contribution in [0.25, 0.3) is 0 Å². The highest BCUT2D eigenvalue weighted by Crippen LogP contribution is 2.21. The predicted molar refractivity (Wildman–Crippen MR) is 68.2 cm³/mol. The fraction of sp³-hybridized carbons (Fsp3) is 0.538. The molecule has 2 nitrogen and oxygen atoms in total. The Morgan fingerprint density at radius 3 is 2.81 bits per heavy atom.